The van der Waals surface area contributed by atoms with Gasteiger partial charge in [-0.15, -0.1) is 0 Å². The first kappa shape index (κ1) is 19.9. The molecule has 26 heavy (non-hydrogen) atoms. The summed E-state index contributed by atoms with van der Waals surface area (Å²) >= 11 is 7.17. The number of hydrogen-bond acceptors (Lipinski definition) is 2. The van der Waals surface area contributed by atoms with E-state index in [9.17, 15) is 5.11 Å². The molecule has 3 aromatic rings. The summed E-state index contributed by atoms with van der Waals surface area (Å²) in [5, 5.41) is 13.2. The maximum atomic E-state index is 10.8. The van der Waals surface area contributed by atoms with Crippen LogP contribution in [-0.2, 0) is 6.54 Å². The van der Waals surface area contributed by atoms with Gasteiger partial charge in [-0.05, 0) is 62.3 Å². The van der Waals surface area contributed by atoms with Crippen LogP contribution in [0, 0.1) is 0 Å². The average molecular weight is 482 g/mol. The van der Waals surface area contributed by atoms with Crippen LogP contribution in [0.25, 0.3) is 21.8 Å². The number of rotatable bonds is 8. The van der Waals surface area contributed by atoms with Crippen molar-refractivity contribution in [2.45, 2.75) is 39.3 Å². The molecule has 0 aliphatic carbocycles. The van der Waals surface area contributed by atoms with Gasteiger partial charge in [0.2, 0.25) is 0 Å². The predicted molar refractivity (Wildman–Crippen MR) is 118 cm³/mol. The summed E-state index contributed by atoms with van der Waals surface area (Å²) in [7, 11) is 0. The summed E-state index contributed by atoms with van der Waals surface area (Å²) in [6, 6.07) is 12.7. The van der Waals surface area contributed by atoms with Crippen molar-refractivity contribution >= 4 is 53.7 Å². The molecule has 1 atom stereocenters. The number of halogens is 2. The van der Waals surface area contributed by atoms with Gasteiger partial charge in [-0.1, -0.05) is 45.7 Å². The van der Waals surface area contributed by atoms with E-state index in [-0.39, 0.29) is 6.10 Å². The molecule has 5 heteroatoms. The highest BCUT2D eigenvalue weighted by molar-refractivity contribution is 9.10. The lowest BCUT2D eigenvalue weighted by Crippen LogP contribution is -2.35. The number of aromatic nitrogens is 1. The van der Waals surface area contributed by atoms with E-state index in [2.05, 4.69) is 91.6 Å². The van der Waals surface area contributed by atoms with Crippen molar-refractivity contribution in [2.75, 3.05) is 19.6 Å². The maximum Gasteiger partial charge on any atom is 0.0845 e. The Morgan fingerprint density at radius 2 is 1.42 bits per heavy atom. The number of hydrogen-bond donors (Lipinski definition) is 1. The minimum absolute atomic E-state index is 0.390. The highest BCUT2D eigenvalue weighted by atomic mass is 79.9. The molecule has 0 saturated carbocycles. The summed E-state index contributed by atoms with van der Waals surface area (Å²) in [4.78, 5) is 2.37. The zero-order valence-electron chi connectivity index (χ0n) is 15.4. The van der Waals surface area contributed by atoms with E-state index in [0.29, 0.717) is 6.54 Å². The standard InChI is InChI=1S/C21H26Br2N2O/c1-3-9-24(10-4-2)13-17(26)14-25-20-7-5-15(22)11-18(20)19-12-16(23)6-8-21(19)25/h5-8,11-12,17,26H,3-4,9-10,13-14H2,1-2H3/t17-/m0/s1. The molecule has 2 aromatic carbocycles. The van der Waals surface area contributed by atoms with Gasteiger partial charge in [0.25, 0.3) is 0 Å². The molecule has 0 bridgehead atoms. The fourth-order valence-corrected chi connectivity index (χ4v) is 4.46. The maximum absolute atomic E-state index is 10.8. The molecular formula is C21H26Br2N2O. The third kappa shape index (κ3) is 4.33. The Balaban J connectivity index is 1.95. The molecule has 0 unspecified atom stereocenters. The van der Waals surface area contributed by atoms with Crippen LogP contribution in [0.1, 0.15) is 26.7 Å². The Kier molecular flexibility index (Phi) is 6.78. The molecule has 0 spiro atoms. The van der Waals surface area contributed by atoms with Crippen molar-refractivity contribution in [3.63, 3.8) is 0 Å². The fraction of sp³-hybridized carbons (Fsp3) is 0.429. The van der Waals surface area contributed by atoms with Crippen LogP contribution in [0.4, 0.5) is 0 Å². The number of aliphatic hydroxyl groups is 1. The lowest BCUT2D eigenvalue weighted by Gasteiger charge is -2.24. The van der Waals surface area contributed by atoms with Crippen molar-refractivity contribution < 1.29 is 5.11 Å². The second-order valence-electron chi connectivity index (χ2n) is 6.89. The molecule has 3 rings (SSSR count). The molecule has 0 radical (unpaired) electrons. The zero-order valence-corrected chi connectivity index (χ0v) is 18.6. The zero-order chi connectivity index (χ0) is 18.7. The van der Waals surface area contributed by atoms with E-state index in [4.69, 9.17) is 0 Å². The lowest BCUT2D eigenvalue weighted by molar-refractivity contribution is 0.0997. The second kappa shape index (κ2) is 8.87. The Hall–Kier alpha value is -0.880. The fourth-order valence-electron chi connectivity index (χ4n) is 3.74. The van der Waals surface area contributed by atoms with Gasteiger partial charge in [0.15, 0.2) is 0 Å². The molecule has 140 valence electrons. The summed E-state index contributed by atoms with van der Waals surface area (Å²) in [5.74, 6) is 0. The first-order valence-electron chi connectivity index (χ1n) is 9.31. The molecule has 0 amide bonds. The smallest absolute Gasteiger partial charge is 0.0845 e. The SMILES string of the molecule is CCCN(CCC)C[C@H](O)Cn1c2ccc(Br)cc2c2cc(Br)ccc21. The minimum atomic E-state index is -0.390. The van der Waals surface area contributed by atoms with Gasteiger partial charge in [-0.25, -0.2) is 0 Å². The van der Waals surface area contributed by atoms with Crippen molar-refractivity contribution in [2.24, 2.45) is 0 Å². The van der Waals surface area contributed by atoms with Gasteiger partial charge in [0.1, 0.15) is 0 Å². The molecule has 0 saturated heterocycles. The second-order valence-corrected chi connectivity index (χ2v) is 8.72. The van der Waals surface area contributed by atoms with Crippen LogP contribution >= 0.6 is 31.9 Å². The van der Waals surface area contributed by atoms with Gasteiger partial charge >= 0.3 is 0 Å². The molecule has 1 N–H and O–H groups in total. The highest BCUT2D eigenvalue weighted by Gasteiger charge is 2.16. The number of benzene rings is 2. The Labute approximate surface area is 172 Å². The molecule has 0 aliphatic rings. The van der Waals surface area contributed by atoms with Crippen molar-refractivity contribution in [1.29, 1.82) is 0 Å². The molecule has 3 nitrogen and oxygen atoms in total. The van der Waals surface area contributed by atoms with Crippen molar-refractivity contribution in [3.05, 3.63) is 45.3 Å². The summed E-state index contributed by atoms with van der Waals surface area (Å²) < 4.78 is 4.40. The molecule has 1 aromatic heterocycles. The van der Waals surface area contributed by atoms with Crippen LogP contribution in [0.5, 0.6) is 0 Å². The van der Waals surface area contributed by atoms with E-state index in [1.165, 1.54) is 10.8 Å². The third-order valence-electron chi connectivity index (χ3n) is 4.73. The Bertz CT molecular complexity index is 825. The van der Waals surface area contributed by atoms with E-state index in [1.54, 1.807) is 0 Å². The average Bonchev–Trinajstić information content (AvgIpc) is 2.88. The van der Waals surface area contributed by atoms with Crippen molar-refractivity contribution in [3.8, 4) is 0 Å². The molecular weight excluding hydrogens is 456 g/mol. The summed E-state index contributed by atoms with van der Waals surface area (Å²) in [6.45, 7) is 7.79. The summed E-state index contributed by atoms with van der Waals surface area (Å²) in [5.41, 5.74) is 2.33. The van der Waals surface area contributed by atoms with Gasteiger partial charge < -0.3 is 14.6 Å². The van der Waals surface area contributed by atoms with E-state index in [1.807, 2.05) is 0 Å². The van der Waals surface area contributed by atoms with Gasteiger partial charge in [0, 0.05) is 37.3 Å². The van der Waals surface area contributed by atoms with Crippen LogP contribution in [0.2, 0.25) is 0 Å². The highest BCUT2D eigenvalue weighted by Crippen LogP contribution is 2.33. The quantitative estimate of drug-likeness (QED) is 0.440. The van der Waals surface area contributed by atoms with Crippen LogP contribution in [0.15, 0.2) is 45.3 Å². The van der Waals surface area contributed by atoms with Crippen LogP contribution < -0.4 is 0 Å². The largest absolute Gasteiger partial charge is 0.390 e. The number of fused-ring (bicyclic) bond motifs is 3. The van der Waals surface area contributed by atoms with Crippen LogP contribution in [-0.4, -0.2) is 40.3 Å². The molecule has 0 fully saturated rings. The molecule has 1 heterocycles. The predicted octanol–water partition coefficient (Wildman–Crippen LogP) is 5.80. The number of aliphatic hydroxyl groups excluding tert-OH is 1. The van der Waals surface area contributed by atoms with Gasteiger partial charge in [-0.3, -0.25) is 0 Å². The third-order valence-corrected chi connectivity index (χ3v) is 5.72. The topological polar surface area (TPSA) is 28.4 Å². The van der Waals surface area contributed by atoms with Crippen LogP contribution in [0.3, 0.4) is 0 Å². The lowest BCUT2D eigenvalue weighted by atomic mass is 10.2. The first-order chi connectivity index (χ1) is 12.5. The van der Waals surface area contributed by atoms with Crippen molar-refractivity contribution in [1.82, 2.24) is 9.47 Å². The Morgan fingerprint density at radius 3 is 1.88 bits per heavy atom. The van der Waals surface area contributed by atoms with Gasteiger partial charge in [-0.2, -0.15) is 0 Å². The normalized spacial score (nSPS) is 13.2. The number of nitrogens with zero attached hydrogens (tertiary/aromatic N) is 2. The van der Waals surface area contributed by atoms with Gasteiger partial charge in [0.05, 0.1) is 12.6 Å². The summed E-state index contributed by atoms with van der Waals surface area (Å²) in [6.07, 6.45) is 1.84. The molecule has 0 aliphatic heterocycles. The van der Waals surface area contributed by atoms with E-state index >= 15 is 0 Å². The monoisotopic (exact) mass is 480 g/mol. The minimum Gasteiger partial charge on any atom is -0.390 e. The Morgan fingerprint density at radius 1 is 0.923 bits per heavy atom. The van der Waals surface area contributed by atoms with E-state index < -0.39 is 0 Å². The van der Waals surface area contributed by atoms with E-state index in [0.717, 1.165) is 52.5 Å². The first-order valence-corrected chi connectivity index (χ1v) is 10.9.